The standard InChI is InChI=1S/C15H26N2O2/c1-2-3-11-4-7-13(8-5-11)17-15(19)12-6-9-14(18)16-10-12/h11-13H,2-10H2,1H3,(H,16,18)(H,17,19). The van der Waals surface area contributed by atoms with Gasteiger partial charge in [-0.25, -0.2) is 0 Å². The van der Waals surface area contributed by atoms with Crippen LogP contribution in [0.25, 0.3) is 0 Å². The molecule has 0 bridgehead atoms. The van der Waals surface area contributed by atoms with Gasteiger partial charge in [-0.1, -0.05) is 19.8 Å². The summed E-state index contributed by atoms with van der Waals surface area (Å²) in [5.74, 6) is 1.06. The monoisotopic (exact) mass is 266 g/mol. The molecule has 1 unspecified atom stereocenters. The largest absolute Gasteiger partial charge is 0.355 e. The van der Waals surface area contributed by atoms with Crippen molar-refractivity contribution in [3.05, 3.63) is 0 Å². The SMILES string of the molecule is CCCC1CCC(NC(=O)C2CCC(=O)NC2)CC1. The Morgan fingerprint density at radius 2 is 2.00 bits per heavy atom. The molecule has 2 N–H and O–H groups in total. The Labute approximate surface area is 115 Å². The van der Waals surface area contributed by atoms with Gasteiger partial charge in [0.2, 0.25) is 11.8 Å². The second-order valence-corrected chi connectivity index (χ2v) is 6.05. The topological polar surface area (TPSA) is 58.2 Å². The highest BCUT2D eigenvalue weighted by molar-refractivity contribution is 5.83. The first-order valence-electron chi connectivity index (χ1n) is 7.76. The van der Waals surface area contributed by atoms with Gasteiger partial charge in [-0.15, -0.1) is 0 Å². The summed E-state index contributed by atoms with van der Waals surface area (Å²) >= 11 is 0. The van der Waals surface area contributed by atoms with Crippen molar-refractivity contribution in [3.8, 4) is 0 Å². The summed E-state index contributed by atoms with van der Waals surface area (Å²) < 4.78 is 0. The van der Waals surface area contributed by atoms with Gasteiger partial charge in [0.15, 0.2) is 0 Å². The zero-order chi connectivity index (χ0) is 13.7. The number of carbonyl (C=O) groups excluding carboxylic acids is 2. The fourth-order valence-corrected chi connectivity index (χ4v) is 3.28. The molecular weight excluding hydrogens is 240 g/mol. The van der Waals surface area contributed by atoms with Crippen LogP contribution in [-0.2, 0) is 9.59 Å². The van der Waals surface area contributed by atoms with E-state index in [1.165, 1.54) is 25.7 Å². The van der Waals surface area contributed by atoms with Gasteiger partial charge in [-0.3, -0.25) is 9.59 Å². The van der Waals surface area contributed by atoms with E-state index in [1.54, 1.807) is 0 Å². The first-order chi connectivity index (χ1) is 9.19. The number of piperidine rings is 1. The number of carbonyl (C=O) groups is 2. The summed E-state index contributed by atoms with van der Waals surface area (Å²) in [7, 11) is 0. The van der Waals surface area contributed by atoms with Crippen molar-refractivity contribution in [1.82, 2.24) is 10.6 Å². The summed E-state index contributed by atoms with van der Waals surface area (Å²) in [5.41, 5.74) is 0. The Kier molecular flexibility index (Phi) is 5.23. The van der Waals surface area contributed by atoms with Crippen molar-refractivity contribution in [2.75, 3.05) is 6.54 Å². The second-order valence-electron chi connectivity index (χ2n) is 6.05. The first kappa shape index (κ1) is 14.4. The van der Waals surface area contributed by atoms with E-state index in [-0.39, 0.29) is 17.7 Å². The third-order valence-electron chi connectivity index (χ3n) is 4.53. The average Bonchev–Trinajstić information content (AvgIpc) is 2.42. The molecule has 1 aliphatic carbocycles. The molecule has 1 heterocycles. The number of rotatable bonds is 4. The quantitative estimate of drug-likeness (QED) is 0.817. The highest BCUT2D eigenvalue weighted by atomic mass is 16.2. The number of hydrogen-bond acceptors (Lipinski definition) is 2. The van der Waals surface area contributed by atoms with E-state index in [1.807, 2.05) is 0 Å². The van der Waals surface area contributed by atoms with Gasteiger partial charge >= 0.3 is 0 Å². The van der Waals surface area contributed by atoms with E-state index in [2.05, 4.69) is 17.6 Å². The Bertz CT molecular complexity index is 312. The van der Waals surface area contributed by atoms with Crippen LogP contribution in [0.15, 0.2) is 0 Å². The van der Waals surface area contributed by atoms with Crippen LogP contribution in [0, 0.1) is 11.8 Å². The van der Waals surface area contributed by atoms with Gasteiger partial charge in [0.05, 0.1) is 5.92 Å². The Hall–Kier alpha value is -1.06. The van der Waals surface area contributed by atoms with E-state index in [4.69, 9.17) is 0 Å². The van der Waals surface area contributed by atoms with Crippen molar-refractivity contribution in [2.45, 2.75) is 64.3 Å². The Morgan fingerprint density at radius 3 is 2.58 bits per heavy atom. The summed E-state index contributed by atoms with van der Waals surface area (Å²) in [6.45, 7) is 2.75. The normalized spacial score (nSPS) is 31.6. The first-order valence-corrected chi connectivity index (χ1v) is 7.76. The smallest absolute Gasteiger partial charge is 0.225 e. The molecule has 4 nitrogen and oxygen atoms in total. The van der Waals surface area contributed by atoms with Gasteiger partial charge < -0.3 is 10.6 Å². The molecule has 2 rings (SSSR count). The summed E-state index contributed by atoms with van der Waals surface area (Å²) in [5, 5.41) is 5.95. The molecule has 0 radical (unpaired) electrons. The van der Waals surface area contributed by atoms with Crippen LogP contribution in [0.1, 0.15) is 58.3 Å². The molecule has 0 aromatic carbocycles. The minimum Gasteiger partial charge on any atom is -0.355 e. The lowest BCUT2D eigenvalue weighted by Crippen LogP contribution is -2.46. The van der Waals surface area contributed by atoms with E-state index >= 15 is 0 Å². The zero-order valence-electron chi connectivity index (χ0n) is 11.9. The number of nitrogens with one attached hydrogen (secondary N) is 2. The molecule has 2 amide bonds. The van der Waals surface area contributed by atoms with Crippen molar-refractivity contribution in [3.63, 3.8) is 0 Å². The molecule has 1 saturated heterocycles. The Morgan fingerprint density at radius 1 is 1.26 bits per heavy atom. The van der Waals surface area contributed by atoms with Crippen LogP contribution < -0.4 is 10.6 Å². The van der Waals surface area contributed by atoms with Crippen LogP contribution >= 0.6 is 0 Å². The van der Waals surface area contributed by atoms with Gasteiger partial charge in [0.1, 0.15) is 0 Å². The van der Waals surface area contributed by atoms with E-state index < -0.39 is 0 Å². The molecule has 0 aromatic heterocycles. The minimum atomic E-state index is -0.0222. The predicted octanol–water partition coefficient (Wildman–Crippen LogP) is 1.99. The van der Waals surface area contributed by atoms with Crippen LogP contribution in [0.4, 0.5) is 0 Å². The van der Waals surface area contributed by atoms with Crippen molar-refractivity contribution in [2.24, 2.45) is 11.8 Å². The fourth-order valence-electron chi connectivity index (χ4n) is 3.28. The van der Waals surface area contributed by atoms with Crippen molar-refractivity contribution >= 4 is 11.8 Å². The molecule has 19 heavy (non-hydrogen) atoms. The van der Waals surface area contributed by atoms with Gasteiger partial charge in [0.25, 0.3) is 0 Å². The fraction of sp³-hybridized carbons (Fsp3) is 0.867. The van der Waals surface area contributed by atoms with Crippen LogP contribution in [0.2, 0.25) is 0 Å². The van der Waals surface area contributed by atoms with Crippen molar-refractivity contribution < 1.29 is 9.59 Å². The molecule has 0 spiro atoms. The maximum atomic E-state index is 12.1. The van der Waals surface area contributed by atoms with E-state index in [9.17, 15) is 9.59 Å². The Balaban J connectivity index is 1.70. The maximum Gasteiger partial charge on any atom is 0.225 e. The minimum absolute atomic E-state index is 0.0222. The molecule has 2 aliphatic rings. The third kappa shape index (κ3) is 4.22. The van der Waals surface area contributed by atoms with Crippen molar-refractivity contribution in [1.29, 1.82) is 0 Å². The second kappa shape index (κ2) is 6.92. The average molecular weight is 266 g/mol. The summed E-state index contributed by atoms with van der Waals surface area (Å²) in [6.07, 6.45) is 8.52. The molecule has 1 saturated carbocycles. The summed E-state index contributed by atoms with van der Waals surface area (Å²) in [6, 6.07) is 0.359. The lowest BCUT2D eigenvalue weighted by Gasteiger charge is -2.31. The van der Waals surface area contributed by atoms with E-state index in [0.29, 0.717) is 25.4 Å². The van der Waals surface area contributed by atoms with E-state index in [0.717, 1.165) is 18.8 Å². The molecular formula is C15H26N2O2. The van der Waals surface area contributed by atoms with Gasteiger partial charge in [-0.05, 0) is 38.0 Å². The molecule has 1 aliphatic heterocycles. The number of hydrogen-bond donors (Lipinski definition) is 2. The molecule has 108 valence electrons. The zero-order valence-corrected chi connectivity index (χ0v) is 11.9. The van der Waals surface area contributed by atoms with Gasteiger partial charge in [0, 0.05) is 19.0 Å². The van der Waals surface area contributed by atoms with Crippen LogP contribution in [-0.4, -0.2) is 24.4 Å². The summed E-state index contributed by atoms with van der Waals surface area (Å²) in [4.78, 5) is 23.2. The van der Waals surface area contributed by atoms with Gasteiger partial charge in [-0.2, -0.15) is 0 Å². The highest BCUT2D eigenvalue weighted by Gasteiger charge is 2.27. The number of amides is 2. The molecule has 2 fully saturated rings. The highest BCUT2D eigenvalue weighted by Crippen LogP contribution is 2.28. The lowest BCUT2D eigenvalue weighted by molar-refractivity contribution is -0.129. The maximum absolute atomic E-state index is 12.1. The third-order valence-corrected chi connectivity index (χ3v) is 4.53. The van der Waals surface area contributed by atoms with Crippen LogP contribution in [0.5, 0.6) is 0 Å². The molecule has 4 heteroatoms. The van der Waals surface area contributed by atoms with Crippen LogP contribution in [0.3, 0.4) is 0 Å². The predicted molar refractivity (Wildman–Crippen MR) is 74.5 cm³/mol. The molecule has 1 atom stereocenters. The molecule has 0 aromatic rings. The lowest BCUT2D eigenvalue weighted by atomic mass is 9.83.